The summed E-state index contributed by atoms with van der Waals surface area (Å²) in [4.78, 5) is 33.9. The molecule has 4 heterocycles. The number of hydrogen-bond donors (Lipinski definition) is 1. The van der Waals surface area contributed by atoms with E-state index < -0.39 is 5.41 Å². The normalized spacial score (nSPS) is 14.7. The van der Waals surface area contributed by atoms with Gasteiger partial charge < -0.3 is 14.6 Å². The minimum Gasteiger partial charge on any atom is -0.379 e. The van der Waals surface area contributed by atoms with Crippen LogP contribution >= 0.6 is 0 Å². The third-order valence-corrected chi connectivity index (χ3v) is 5.94. The number of rotatable bonds is 7. The SMILES string of the molecule is Cc1ccc(-c2noc(CCC(=O)C3(C)COC3)n2)cc1NC(=O)c1cnc2ccccn12. The minimum absolute atomic E-state index is 0.140. The van der Waals surface area contributed by atoms with E-state index in [2.05, 4.69) is 20.4 Å². The summed E-state index contributed by atoms with van der Waals surface area (Å²) >= 11 is 0. The highest BCUT2D eigenvalue weighted by molar-refractivity contribution is 6.04. The Morgan fingerprint density at radius 1 is 1.21 bits per heavy atom. The van der Waals surface area contributed by atoms with Crippen molar-refractivity contribution in [1.29, 1.82) is 0 Å². The van der Waals surface area contributed by atoms with Crippen molar-refractivity contribution in [1.82, 2.24) is 19.5 Å². The van der Waals surface area contributed by atoms with Crippen molar-refractivity contribution in [2.75, 3.05) is 18.5 Å². The highest BCUT2D eigenvalue weighted by Crippen LogP contribution is 2.29. The summed E-state index contributed by atoms with van der Waals surface area (Å²) in [7, 11) is 0. The molecule has 0 radical (unpaired) electrons. The lowest BCUT2D eigenvalue weighted by Crippen LogP contribution is -2.46. The van der Waals surface area contributed by atoms with Crippen LogP contribution in [0.1, 0.15) is 35.3 Å². The number of amides is 1. The van der Waals surface area contributed by atoms with Crippen LogP contribution in [0.5, 0.6) is 0 Å². The van der Waals surface area contributed by atoms with Gasteiger partial charge in [-0.25, -0.2) is 4.98 Å². The van der Waals surface area contributed by atoms with Crippen molar-refractivity contribution in [3.05, 3.63) is 65.9 Å². The molecule has 9 nitrogen and oxygen atoms in total. The van der Waals surface area contributed by atoms with Crippen LogP contribution in [-0.4, -0.2) is 44.4 Å². The molecule has 0 aliphatic carbocycles. The van der Waals surface area contributed by atoms with Crippen molar-refractivity contribution in [2.45, 2.75) is 26.7 Å². The van der Waals surface area contributed by atoms with E-state index in [1.165, 1.54) is 0 Å². The first-order valence-corrected chi connectivity index (χ1v) is 10.7. The van der Waals surface area contributed by atoms with Crippen LogP contribution in [0.25, 0.3) is 17.0 Å². The van der Waals surface area contributed by atoms with E-state index in [0.29, 0.717) is 60.4 Å². The molecule has 9 heteroatoms. The molecule has 0 bridgehead atoms. The van der Waals surface area contributed by atoms with Gasteiger partial charge in [0.1, 0.15) is 17.1 Å². The fourth-order valence-electron chi connectivity index (χ4n) is 3.75. The van der Waals surface area contributed by atoms with Gasteiger partial charge >= 0.3 is 0 Å². The molecule has 1 fully saturated rings. The van der Waals surface area contributed by atoms with E-state index in [0.717, 1.165) is 5.56 Å². The lowest BCUT2D eigenvalue weighted by atomic mass is 9.82. The molecule has 4 aromatic rings. The number of carbonyl (C=O) groups is 2. The highest BCUT2D eigenvalue weighted by Gasteiger charge is 2.40. The topological polar surface area (TPSA) is 112 Å². The Kier molecular flexibility index (Phi) is 5.26. The zero-order chi connectivity index (χ0) is 23.0. The van der Waals surface area contributed by atoms with E-state index in [9.17, 15) is 9.59 Å². The van der Waals surface area contributed by atoms with Gasteiger partial charge in [0.15, 0.2) is 0 Å². The molecule has 3 aromatic heterocycles. The van der Waals surface area contributed by atoms with Crippen LogP contribution in [0, 0.1) is 12.3 Å². The molecular weight excluding hydrogens is 422 g/mol. The van der Waals surface area contributed by atoms with Crippen molar-refractivity contribution in [3.8, 4) is 11.4 Å². The van der Waals surface area contributed by atoms with Crippen molar-refractivity contribution < 1.29 is 18.8 Å². The van der Waals surface area contributed by atoms with E-state index in [4.69, 9.17) is 9.26 Å². The van der Waals surface area contributed by atoms with E-state index >= 15 is 0 Å². The summed E-state index contributed by atoms with van der Waals surface area (Å²) in [5.41, 5.74) is 2.98. The average molecular weight is 445 g/mol. The predicted molar refractivity (Wildman–Crippen MR) is 120 cm³/mol. The lowest BCUT2D eigenvalue weighted by Gasteiger charge is -2.36. The fourth-order valence-corrected chi connectivity index (χ4v) is 3.75. The first-order chi connectivity index (χ1) is 15.9. The quantitative estimate of drug-likeness (QED) is 0.463. The lowest BCUT2D eigenvalue weighted by molar-refractivity contribution is -0.155. The number of carbonyl (C=O) groups excluding carboxylic acids is 2. The summed E-state index contributed by atoms with van der Waals surface area (Å²) in [6.07, 6.45) is 4.05. The maximum absolute atomic E-state index is 12.9. The number of benzene rings is 1. The molecule has 168 valence electrons. The van der Waals surface area contributed by atoms with Crippen molar-refractivity contribution >= 4 is 23.0 Å². The van der Waals surface area contributed by atoms with Crippen LogP contribution in [0.4, 0.5) is 5.69 Å². The van der Waals surface area contributed by atoms with Crippen LogP contribution in [0.15, 0.2) is 53.3 Å². The number of fused-ring (bicyclic) bond motifs is 1. The van der Waals surface area contributed by atoms with Gasteiger partial charge in [0.05, 0.1) is 24.8 Å². The number of hydrogen-bond acceptors (Lipinski definition) is 7. The molecule has 0 unspecified atom stereocenters. The summed E-state index contributed by atoms with van der Waals surface area (Å²) < 4.78 is 12.2. The number of anilines is 1. The summed E-state index contributed by atoms with van der Waals surface area (Å²) in [5.74, 6) is 0.677. The standard InChI is InChI=1S/C24H23N5O4/c1-15-6-7-16(22-27-21(33-28-22)9-8-19(30)24(2)13-32-14-24)11-17(15)26-23(31)18-12-25-20-5-3-4-10-29(18)20/h3-7,10-12H,8-9,13-14H2,1-2H3,(H,26,31). The van der Waals surface area contributed by atoms with Gasteiger partial charge in [-0.3, -0.25) is 14.0 Å². The number of imidazole rings is 1. The van der Waals surface area contributed by atoms with Gasteiger partial charge in [0.2, 0.25) is 11.7 Å². The summed E-state index contributed by atoms with van der Waals surface area (Å²) in [6.45, 7) is 4.75. The zero-order valence-corrected chi connectivity index (χ0v) is 18.4. The van der Waals surface area contributed by atoms with Crippen LogP contribution < -0.4 is 5.32 Å². The molecular formula is C24H23N5O4. The van der Waals surface area contributed by atoms with Gasteiger partial charge in [-0.05, 0) is 37.6 Å². The molecule has 33 heavy (non-hydrogen) atoms. The van der Waals surface area contributed by atoms with E-state index in [1.807, 2.05) is 50.2 Å². The molecule has 0 atom stereocenters. The van der Waals surface area contributed by atoms with Gasteiger partial charge in [-0.2, -0.15) is 4.98 Å². The second-order valence-corrected chi connectivity index (χ2v) is 8.54. The Balaban J connectivity index is 1.30. The number of aromatic nitrogens is 4. The van der Waals surface area contributed by atoms with E-state index in [1.54, 1.807) is 16.8 Å². The Morgan fingerprint density at radius 3 is 2.85 bits per heavy atom. The van der Waals surface area contributed by atoms with Crippen LogP contribution in [-0.2, 0) is 16.0 Å². The third kappa shape index (κ3) is 4.03. The number of ketones is 1. The Morgan fingerprint density at radius 2 is 2.06 bits per heavy atom. The van der Waals surface area contributed by atoms with Gasteiger partial charge in [-0.15, -0.1) is 0 Å². The Hall–Kier alpha value is -3.85. The molecule has 1 aliphatic heterocycles. The van der Waals surface area contributed by atoms with Gasteiger partial charge in [-0.1, -0.05) is 23.4 Å². The molecule has 0 spiro atoms. The summed E-state index contributed by atoms with van der Waals surface area (Å²) in [6, 6.07) is 11.1. The molecule has 1 aliphatic rings. The number of pyridine rings is 1. The first kappa shape index (κ1) is 21.0. The molecule has 1 aromatic carbocycles. The maximum atomic E-state index is 12.9. The fraction of sp³-hybridized carbons (Fsp3) is 0.292. The number of nitrogens with zero attached hydrogens (tertiary/aromatic N) is 4. The van der Waals surface area contributed by atoms with Crippen LogP contribution in [0.3, 0.4) is 0 Å². The summed E-state index contributed by atoms with van der Waals surface area (Å²) in [5, 5.41) is 7.00. The van der Waals surface area contributed by atoms with Crippen molar-refractivity contribution in [3.63, 3.8) is 0 Å². The highest BCUT2D eigenvalue weighted by atomic mass is 16.5. The monoisotopic (exact) mass is 445 g/mol. The molecule has 1 N–H and O–H groups in total. The molecule has 1 amide bonds. The Bertz CT molecular complexity index is 1350. The second-order valence-electron chi connectivity index (χ2n) is 8.54. The average Bonchev–Trinajstić information content (AvgIpc) is 3.44. The molecule has 1 saturated heterocycles. The number of aryl methyl sites for hydroxylation is 2. The smallest absolute Gasteiger partial charge is 0.274 e. The Labute approximate surface area is 189 Å². The number of nitrogens with one attached hydrogen (secondary N) is 1. The van der Waals surface area contributed by atoms with Crippen LogP contribution in [0.2, 0.25) is 0 Å². The number of Topliss-reactive ketones (excluding diaryl/α,β-unsaturated/α-hetero) is 1. The number of ether oxygens (including phenoxy) is 1. The largest absolute Gasteiger partial charge is 0.379 e. The molecule has 5 rings (SSSR count). The van der Waals surface area contributed by atoms with Crippen molar-refractivity contribution in [2.24, 2.45) is 5.41 Å². The minimum atomic E-state index is -0.395. The second kappa shape index (κ2) is 8.25. The third-order valence-electron chi connectivity index (χ3n) is 5.94. The first-order valence-electron chi connectivity index (χ1n) is 10.7. The van der Waals surface area contributed by atoms with E-state index in [-0.39, 0.29) is 11.7 Å². The maximum Gasteiger partial charge on any atom is 0.274 e. The van der Waals surface area contributed by atoms with Gasteiger partial charge in [0.25, 0.3) is 5.91 Å². The zero-order valence-electron chi connectivity index (χ0n) is 18.4. The predicted octanol–water partition coefficient (Wildman–Crippen LogP) is 3.48. The molecule has 0 saturated carbocycles. The van der Waals surface area contributed by atoms with Gasteiger partial charge in [0, 0.05) is 30.3 Å².